The predicted octanol–water partition coefficient (Wildman–Crippen LogP) is 2.76. The zero-order valence-electron chi connectivity index (χ0n) is 13.5. The van der Waals surface area contributed by atoms with Crippen molar-refractivity contribution in [2.24, 2.45) is 0 Å². The average Bonchev–Trinajstić information content (AvgIpc) is 3.06. The van der Waals surface area contributed by atoms with Crippen molar-refractivity contribution in [3.05, 3.63) is 52.8 Å². The molecular weight excluding hydrogens is 362 g/mol. The molecule has 1 fully saturated rings. The number of rotatable bonds is 4. The van der Waals surface area contributed by atoms with Gasteiger partial charge < -0.3 is 4.74 Å². The van der Waals surface area contributed by atoms with E-state index in [1.54, 1.807) is 12.3 Å². The molecule has 0 aliphatic carbocycles. The summed E-state index contributed by atoms with van der Waals surface area (Å²) in [6, 6.07) is 9.64. The number of ether oxygens (including phenoxy) is 1. The van der Waals surface area contributed by atoms with Crippen LogP contribution >= 0.6 is 11.6 Å². The normalized spacial score (nSPS) is 18.0. The van der Waals surface area contributed by atoms with E-state index in [2.05, 4.69) is 4.98 Å². The van der Waals surface area contributed by atoms with Crippen LogP contribution in [0.25, 0.3) is 0 Å². The summed E-state index contributed by atoms with van der Waals surface area (Å²) in [7, 11) is -3.70. The number of aromatic nitrogens is 1. The Morgan fingerprint density at radius 3 is 2.92 bits per heavy atom. The molecule has 0 amide bonds. The van der Waals surface area contributed by atoms with Crippen LogP contribution in [0.3, 0.4) is 0 Å². The van der Waals surface area contributed by atoms with Gasteiger partial charge in [-0.05, 0) is 43.7 Å². The van der Waals surface area contributed by atoms with Crippen molar-refractivity contribution in [2.75, 3.05) is 13.1 Å². The Balaban J connectivity index is 1.77. The fourth-order valence-electron chi connectivity index (χ4n) is 2.69. The van der Waals surface area contributed by atoms with Crippen LogP contribution in [-0.2, 0) is 10.0 Å². The van der Waals surface area contributed by atoms with Crippen LogP contribution < -0.4 is 4.74 Å². The summed E-state index contributed by atoms with van der Waals surface area (Å²) in [5, 5.41) is 9.27. The summed E-state index contributed by atoms with van der Waals surface area (Å²) in [6.45, 7) is 2.45. The van der Waals surface area contributed by atoms with E-state index in [1.165, 1.54) is 22.5 Å². The Kier molecular flexibility index (Phi) is 4.95. The fraction of sp³-hybridized carbons (Fsp3) is 0.294. The van der Waals surface area contributed by atoms with Crippen molar-refractivity contribution in [1.29, 1.82) is 5.26 Å². The minimum Gasteiger partial charge on any atom is -0.487 e. The highest BCUT2D eigenvalue weighted by atomic mass is 35.5. The van der Waals surface area contributed by atoms with E-state index in [0.29, 0.717) is 18.7 Å². The SMILES string of the molecule is Cc1ncccc1OC1CCN(S(=O)(=O)c2ccc(Cl)c(C#N)c2)C1. The Hall–Kier alpha value is -2.14. The standard InChI is InChI=1S/C17H16ClN3O3S/c1-12-17(3-2-7-20-12)24-14-6-8-21(11-14)25(22,23)15-4-5-16(18)13(9-15)10-19/h2-5,7,9,14H,6,8,11H2,1H3. The summed E-state index contributed by atoms with van der Waals surface area (Å²) in [5.74, 6) is 0.657. The first-order valence-electron chi connectivity index (χ1n) is 7.70. The predicted molar refractivity (Wildman–Crippen MR) is 92.9 cm³/mol. The molecule has 1 aromatic carbocycles. The quantitative estimate of drug-likeness (QED) is 0.818. The molecule has 0 bridgehead atoms. The molecule has 0 radical (unpaired) electrons. The topological polar surface area (TPSA) is 83.3 Å². The second-order valence-corrected chi connectivity index (χ2v) is 8.08. The molecule has 1 atom stereocenters. The molecule has 0 N–H and O–H groups in total. The third kappa shape index (κ3) is 3.61. The number of halogens is 1. The molecule has 2 heterocycles. The number of pyridine rings is 1. The molecule has 6 nitrogen and oxygen atoms in total. The second kappa shape index (κ2) is 7.00. The van der Waals surface area contributed by atoms with Crippen LogP contribution in [0.1, 0.15) is 17.7 Å². The van der Waals surface area contributed by atoms with Gasteiger partial charge in [0.15, 0.2) is 0 Å². The smallest absolute Gasteiger partial charge is 0.243 e. The van der Waals surface area contributed by atoms with Crippen molar-refractivity contribution in [3.63, 3.8) is 0 Å². The third-order valence-electron chi connectivity index (χ3n) is 4.06. The monoisotopic (exact) mass is 377 g/mol. The molecule has 25 heavy (non-hydrogen) atoms. The summed E-state index contributed by atoms with van der Waals surface area (Å²) in [4.78, 5) is 4.23. The molecule has 1 aromatic heterocycles. The van der Waals surface area contributed by atoms with Crippen LogP contribution in [0.5, 0.6) is 5.75 Å². The lowest BCUT2D eigenvalue weighted by molar-refractivity contribution is 0.213. The lowest BCUT2D eigenvalue weighted by atomic mass is 10.2. The van der Waals surface area contributed by atoms with Crippen molar-refractivity contribution in [2.45, 2.75) is 24.3 Å². The van der Waals surface area contributed by atoms with Crippen LogP contribution in [0.15, 0.2) is 41.4 Å². The number of nitrogens with zero attached hydrogens (tertiary/aromatic N) is 3. The number of sulfonamides is 1. The van der Waals surface area contributed by atoms with Crippen molar-refractivity contribution in [3.8, 4) is 11.8 Å². The van der Waals surface area contributed by atoms with Gasteiger partial charge in [0.2, 0.25) is 10.0 Å². The van der Waals surface area contributed by atoms with Crippen LogP contribution in [-0.4, -0.2) is 36.9 Å². The van der Waals surface area contributed by atoms with Crippen molar-refractivity contribution >= 4 is 21.6 Å². The van der Waals surface area contributed by atoms with Gasteiger partial charge >= 0.3 is 0 Å². The molecule has 1 aliphatic rings. The first-order valence-corrected chi connectivity index (χ1v) is 9.51. The molecule has 1 unspecified atom stereocenters. The largest absolute Gasteiger partial charge is 0.487 e. The average molecular weight is 378 g/mol. The molecule has 8 heteroatoms. The summed E-state index contributed by atoms with van der Waals surface area (Å²) in [5.41, 5.74) is 0.904. The van der Waals surface area contributed by atoms with Gasteiger partial charge in [-0.2, -0.15) is 9.57 Å². The molecule has 130 valence electrons. The molecule has 1 saturated heterocycles. The summed E-state index contributed by atoms with van der Waals surface area (Å²) in [6.07, 6.45) is 2.04. The van der Waals surface area contributed by atoms with Gasteiger partial charge in [-0.25, -0.2) is 8.42 Å². The highest BCUT2D eigenvalue weighted by Gasteiger charge is 2.34. The molecule has 0 saturated carbocycles. The van der Waals surface area contributed by atoms with Crippen molar-refractivity contribution < 1.29 is 13.2 Å². The lowest BCUT2D eigenvalue weighted by Crippen LogP contribution is -2.31. The van der Waals surface area contributed by atoms with Gasteiger partial charge in [-0.1, -0.05) is 11.6 Å². The Labute approximate surface area is 151 Å². The van der Waals surface area contributed by atoms with E-state index < -0.39 is 10.0 Å². The van der Waals surface area contributed by atoms with Crippen LogP contribution in [0, 0.1) is 18.3 Å². The minimum absolute atomic E-state index is 0.0617. The van der Waals surface area contributed by atoms with Gasteiger partial charge in [-0.15, -0.1) is 0 Å². The Morgan fingerprint density at radius 2 is 2.20 bits per heavy atom. The van der Waals surface area contributed by atoms with Gasteiger partial charge in [0.1, 0.15) is 17.9 Å². The minimum atomic E-state index is -3.70. The zero-order chi connectivity index (χ0) is 18.0. The van der Waals surface area contributed by atoms with Crippen molar-refractivity contribution in [1.82, 2.24) is 9.29 Å². The van der Waals surface area contributed by atoms with Gasteiger partial charge in [0, 0.05) is 12.7 Å². The lowest BCUT2D eigenvalue weighted by Gasteiger charge is -2.18. The molecule has 1 aliphatic heterocycles. The first kappa shape index (κ1) is 17.7. The second-order valence-electron chi connectivity index (χ2n) is 5.73. The maximum absolute atomic E-state index is 12.8. The van der Waals surface area contributed by atoms with Crippen LogP contribution in [0.4, 0.5) is 0 Å². The van der Waals surface area contributed by atoms with Gasteiger partial charge in [-0.3, -0.25) is 4.98 Å². The van der Waals surface area contributed by atoms with E-state index in [-0.39, 0.29) is 28.1 Å². The number of benzene rings is 1. The number of nitriles is 1. The Bertz CT molecular complexity index is 940. The third-order valence-corrected chi connectivity index (χ3v) is 6.25. The summed E-state index contributed by atoms with van der Waals surface area (Å²) < 4.78 is 32.8. The zero-order valence-corrected chi connectivity index (χ0v) is 15.1. The van der Waals surface area contributed by atoms with Crippen LogP contribution in [0.2, 0.25) is 5.02 Å². The highest BCUT2D eigenvalue weighted by Crippen LogP contribution is 2.27. The van der Waals surface area contributed by atoms with E-state index in [1.807, 2.05) is 19.1 Å². The molecular formula is C17H16ClN3O3S. The van der Waals surface area contributed by atoms with E-state index in [9.17, 15) is 8.42 Å². The van der Waals surface area contributed by atoms with E-state index >= 15 is 0 Å². The summed E-state index contributed by atoms with van der Waals surface area (Å²) >= 11 is 5.88. The highest BCUT2D eigenvalue weighted by molar-refractivity contribution is 7.89. The van der Waals surface area contributed by atoms with E-state index in [4.69, 9.17) is 21.6 Å². The Morgan fingerprint density at radius 1 is 1.40 bits per heavy atom. The molecule has 2 aromatic rings. The first-order chi connectivity index (χ1) is 11.9. The molecule has 0 spiro atoms. The van der Waals surface area contributed by atoms with Gasteiger partial charge in [0.05, 0.1) is 27.7 Å². The number of hydrogen-bond donors (Lipinski definition) is 0. The molecule has 3 rings (SSSR count). The fourth-order valence-corrected chi connectivity index (χ4v) is 4.36. The maximum atomic E-state index is 12.8. The van der Waals surface area contributed by atoms with Gasteiger partial charge in [0.25, 0.3) is 0 Å². The number of hydrogen-bond acceptors (Lipinski definition) is 5. The van der Waals surface area contributed by atoms with E-state index in [0.717, 1.165) is 5.69 Å². The maximum Gasteiger partial charge on any atom is 0.243 e. The number of aryl methyl sites for hydroxylation is 1.